The monoisotopic (exact) mass is 1040 g/mol. The van der Waals surface area contributed by atoms with E-state index in [-0.39, 0.29) is 18.5 Å². The van der Waals surface area contributed by atoms with Gasteiger partial charge in [-0.15, -0.1) is 0 Å². The highest BCUT2D eigenvalue weighted by Gasteiger charge is 2.18. The highest BCUT2D eigenvalue weighted by atomic mass is 16.5. The number of carbonyl (C=O) groups is 2. The maximum absolute atomic E-state index is 12.5. The number of hydrogen-bond donors (Lipinski definition) is 3. The Bertz CT molecular complexity index is 1200. The van der Waals surface area contributed by atoms with Crippen LogP contribution in [-0.2, 0) is 14.3 Å². The molecule has 2 unspecified atom stereocenters. The molecular weight excluding hydrogens is 911 g/mol. The van der Waals surface area contributed by atoms with Crippen LogP contribution in [0.2, 0.25) is 0 Å². The van der Waals surface area contributed by atoms with Gasteiger partial charge in [-0.05, 0) is 64.2 Å². The van der Waals surface area contributed by atoms with Crippen molar-refractivity contribution in [3.63, 3.8) is 0 Å². The van der Waals surface area contributed by atoms with Crippen molar-refractivity contribution < 1.29 is 24.5 Å². The molecule has 0 aliphatic rings. The molecule has 6 nitrogen and oxygen atoms in total. The number of aliphatic hydroxyl groups is 2. The van der Waals surface area contributed by atoms with Crippen molar-refractivity contribution in [2.24, 2.45) is 0 Å². The lowest BCUT2D eigenvalue weighted by Gasteiger charge is -2.20. The molecule has 0 radical (unpaired) electrons. The SMILES string of the molecule is CCCCCCCCCCCCCCCCCCCCCCCCC/C=C/C(O)C(CO)NC(=O)CCCCCCCCCCCC/C=C\C=C/CCCCCOC(=O)CCCCCCCCCCCCCCC. The van der Waals surface area contributed by atoms with Crippen LogP contribution in [-0.4, -0.2) is 47.4 Å². The fraction of sp³-hybridized carbons (Fsp3) is 0.882. The van der Waals surface area contributed by atoms with Crippen molar-refractivity contribution in [2.75, 3.05) is 13.2 Å². The summed E-state index contributed by atoms with van der Waals surface area (Å²) in [6.45, 7) is 4.89. The van der Waals surface area contributed by atoms with Crippen LogP contribution in [0, 0.1) is 0 Å². The molecule has 0 aliphatic heterocycles. The summed E-state index contributed by atoms with van der Waals surface area (Å²) in [4.78, 5) is 24.5. The first-order valence-electron chi connectivity index (χ1n) is 33.3. The lowest BCUT2D eigenvalue weighted by molar-refractivity contribution is -0.143. The number of allylic oxidation sites excluding steroid dienone is 5. The molecule has 0 heterocycles. The summed E-state index contributed by atoms with van der Waals surface area (Å²) < 4.78 is 5.45. The second kappa shape index (κ2) is 63.6. The van der Waals surface area contributed by atoms with Gasteiger partial charge in [-0.2, -0.15) is 0 Å². The van der Waals surface area contributed by atoms with E-state index in [1.54, 1.807) is 6.08 Å². The van der Waals surface area contributed by atoms with Crippen molar-refractivity contribution in [1.82, 2.24) is 5.32 Å². The van der Waals surface area contributed by atoms with Gasteiger partial charge in [0.2, 0.25) is 5.91 Å². The summed E-state index contributed by atoms with van der Waals surface area (Å²) in [7, 11) is 0. The van der Waals surface area contributed by atoms with Gasteiger partial charge in [-0.1, -0.05) is 320 Å². The van der Waals surface area contributed by atoms with Crippen molar-refractivity contribution in [2.45, 2.75) is 373 Å². The number of esters is 1. The number of rotatable bonds is 62. The van der Waals surface area contributed by atoms with Gasteiger partial charge in [0.1, 0.15) is 0 Å². The average Bonchev–Trinajstić information content (AvgIpc) is 3.40. The molecule has 0 aromatic heterocycles. The summed E-state index contributed by atoms with van der Waals surface area (Å²) >= 11 is 0. The van der Waals surface area contributed by atoms with E-state index in [0.717, 1.165) is 77.0 Å². The highest BCUT2D eigenvalue weighted by Crippen LogP contribution is 2.18. The number of nitrogens with one attached hydrogen (secondary N) is 1. The zero-order valence-electron chi connectivity index (χ0n) is 49.8. The molecule has 0 aromatic rings. The molecule has 436 valence electrons. The molecular formula is C68H129NO5. The Labute approximate surface area is 462 Å². The van der Waals surface area contributed by atoms with Gasteiger partial charge in [0.25, 0.3) is 0 Å². The van der Waals surface area contributed by atoms with Crippen LogP contribution in [0.15, 0.2) is 36.5 Å². The van der Waals surface area contributed by atoms with Crippen LogP contribution in [0.1, 0.15) is 361 Å². The second-order valence-corrected chi connectivity index (χ2v) is 22.8. The van der Waals surface area contributed by atoms with Crippen molar-refractivity contribution in [3.05, 3.63) is 36.5 Å². The molecule has 3 N–H and O–H groups in total. The Balaban J connectivity index is 3.49. The van der Waals surface area contributed by atoms with Gasteiger partial charge in [-0.3, -0.25) is 9.59 Å². The van der Waals surface area contributed by atoms with Gasteiger partial charge in [0.15, 0.2) is 0 Å². The van der Waals surface area contributed by atoms with Crippen molar-refractivity contribution in [3.8, 4) is 0 Å². The molecule has 0 spiro atoms. The smallest absolute Gasteiger partial charge is 0.305 e. The van der Waals surface area contributed by atoms with Crippen molar-refractivity contribution >= 4 is 11.9 Å². The molecule has 6 heteroatoms. The Morgan fingerprint density at radius 3 is 1.00 bits per heavy atom. The molecule has 2 atom stereocenters. The zero-order chi connectivity index (χ0) is 53.6. The number of aliphatic hydroxyl groups excluding tert-OH is 2. The second-order valence-electron chi connectivity index (χ2n) is 22.8. The van der Waals surface area contributed by atoms with E-state index in [2.05, 4.69) is 43.5 Å². The summed E-state index contributed by atoms with van der Waals surface area (Å²) in [5.41, 5.74) is 0. The minimum Gasteiger partial charge on any atom is -0.466 e. The zero-order valence-corrected chi connectivity index (χ0v) is 49.8. The molecule has 0 rings (SSSR count). The van der Waals surface area contributed by atoms with E-state index >= 15 is 0 Å². The molecule has 74 heavy (non-hydrogen) atoms. The third-order valence-electron chi connectivity index (χ3n) is 15.4. The maximum Gasteiger partial charge on any atom is 0.305 e. The average molecular weight is 1040 g/mol. The van der Waals surface area contributed by atoms with Gasteiger partial charge in [0, 0.05) is 12.8 Å². The maximum atomic E-state index is 12.5. The molecule has 0 fully saturated rings. The number of amides is 1. The highest BCUT2D eigenvalue weighted by molar-refractivity contribution is 5.76. The summed E-state index contributed by atoms with van der Waals surface area (Å²) in [5, 5.41) is 23.2. The largest absolute Gasteiger partial charge is 0.466 e. The van der Waals surface area contributed by atoms with E-state index in [1.165, 1.54) is 257 Å². The molecule has 0 saturated heterocycles. The summed E-state index contributed by atoms with van der Waals surface area (Å²) in [6.07, 6.45) is 80.6. The Kier molecular flexibility index (Phi) is 62.0. The van der Waals surface area contributed by atoms with E-state index in [0.29, 0.717) is 19.4 Å². The van der Waals surface area contributed by atoms with E-state index < -0.39 is 12.1 Å². The minimum absolute atomic E-state index is 0.0121. The molecule has 0 saturated carbocycles. The molecule has 0 aromatic carbocycles. The van der Waals surface area contributed by atoms with Crippen LogP contribution in [0.3, 0.4) is 0 Å². The predicted octanol–water partition coefficient (Wildman–Crippen LogP) is 21.1. The lowest BCUT2D eigenvalue weighted by atomic mass is 10.0. The normalized spacial score (nSPS) is 12.8. The number of unbranched alkanes of at least 4 members (excludes halogenated alkanes) is 48. The molecule has 0 aliphatic carbocycles. The molecule has 1 amide bonds. The topological polar surface area (TPSA) is 95.9 Å². The van der Waals surface area contributed by atoms with E-state index in [4.69, 9.17) is 4.74 Å². The minimum atomic E-state index is -0.853. The van der Waals surface area contributed by atoms with Gasteiger partial charge >= 0.3 is 5.97 Å². The van der Waals surface area contributed by atoms with Crippen LogP contribution in [0.4, 0.5) is 0 Å². The van der Waals surface area contributed by atoms with Crippen molar-refractivity contribution in [1.29, 1.82) is 0 Å². The van der Waals surface area contributed by atoms with Gasteiger partial charge in [-0.25, -0.2) is 0 Å². The fourth-order valence-electron chi connectivity index (χ4n) is 10.3. The first kappa shape index (κ1) is 72.1. The van der Waals surface area contributed by atoms with E-state index in [9.17, 15) is 19.8 Å². The summed E-state index contributed by atoms with van der Waals surface area (Å²) in [5.74, 6) is -0.0864. The van der Waals surface area contributed by atoms with Crippen LogP contribution in [0.5, 0.6) is 0 Å². The quantitative estimate of drug-likeness (QED) is 0.0244. The Morgan fingerprint density at radius 1 is 0.378 bits per heavy atom. The third-order valence-corrected chi connectivity index (χ3v) is 15.4. The summed E-state index contributed by atoms with van der Waals surface area (Å²) in [6, 6.07) is -0.637. The first-order valence-corrected chi connectivity index (χ1v) is 33.3. The standard InChI is InChI=1S/C68H129NO5/c1-3-5-7-9-11-13-15-17-18-19-20-21-22-23-24-25-27-30-33-37-40-44-48-52-56-60-66(71)65(64-70)69-67(72)61-57-53-49-45-41-38-34-31-28-26-29-32-35-39-43-47-51-55-59-63-74-68(73)62-58-54-50-46-42-36-16-14-12-10-8-6-4-2/h32,35,39,43,56,60,65-66,70-71H,3-31,33-34,36-38,40-42,44-55,57-59,61-64H2,1-2H3,(H,69,72)/b35-32-,43-39-,60-56+. The third kappa shape index (κ3) is 59.3. The number of ether oxygens (including phenoxy) is 1. The number of hydrogen-bond acceptors (Lipinski definition) is 5. The Morgan fingerprint density at radius 2 is 0.662 bits per heavy atom. The first-order chi connectivity index (χ1) is 36.5. The van der Waals surface area contributed by atoms with Crippen LogP contribution < -0.4 is 5.32 Å². The lowest BCUT2D eigenvalue weighted by Crippen LogP contribution is -2.45. The Hall–Kier alpha value is -1.92. The number of carbonyl (C=O) groups excluding carboxylic acids is 2. The predicted molar refractivity (Wildman–Crippen MR) is 324 cm³/mol. The van der Waals surface area contributed by atoms with Crippen LogP contribution >= 0.6 is 0 Å². The van der Waals surface area contributed by atoms with Crippen LogP contribution in [0.25, 0.3) is 0 Å². The van der Waals surface area contributed by atoms with E-state index in [1.807, 2.05) is 6.08 Å². The molecule has 0 bridgehead atoms. The fourth-order valence-corrected chi connectivity index (χ4v) is 10.3. The van der Waals surface area contributed by atoms with Gasteiger partial charge < -0.3 is 20.3 Å². The van der Waals surface area contributed by atoms with Gasteiger partial charge in [0.05, 0.1) is 25.4 Å².